The van der Waals surface area contributed by atoms with Gasteiger partial charge in [0.1, 0.15) is 23.5 Å². The van der Waals surface area contributed by atoms with Crippen molar-refractivity contribution in [1.82, 2.24) is 14.8 Å². The highest BCUT2D eigenvalue weighted by molar-refractivity contribution is 6.53. The molecular weight excluding hydrogens is 331 g/mol. The molecular formula is C20H22B3N3O. The van der Waals surface area contributed by atoms with Gasteiger partial charge in [0.15, 0.2) is 0 Å². The standard InChI is InChI=1S/C20H22B3N3O/c1-4-26(5-2)20(27)10-6-11-12-7-14(21)17(22)18-16(12)13(19(23)24-18)8-15(11)25(3)9-10/h6-7,10,15,24H,4-5,8-9H2,1-3H3. The minimum atomic E-state index is -0.159. The predicted molar refractivity (Wildman–Crippen MR) is 114 cm³/mol. The van der Waals surface area contributed by atoms with Gasteiger partial charge in [-0.2, -0.15) is 0 Å². The number of H-pyrrole nitrogens is 1. The van der Waals surface area contributed by atoms with Crippen LogP contribution in [0.25, 0.3) is 16.5 Å². The van der Waals surface area contributed by atoms with Gasteiger partial charge in [-0.1, -0.05) is 17.6 Å². The molecule has 2 aliphatic rings. The van der Waals surface area contributed by atoms with Crippen molar-refractivity contribution in [3.05, 3.63) is 23.3 Å². The summed E-state index contributed by atoms with van der Waals surface area (Å²) in [5, 5.41) is 1.05. The van der Waals surface area contributed by atoms with Crippen molar-refractivity contribution in [2.75, 3.05) is 26.7 Å². The number of nitrogens with one attached hydrogen (secondary N) is 1. The fourth-order valence-corrected chi connectivity index (χ4v) is 4.65. The summed E-state index contributed by atoms with van der Waals surface area (Å²) in [6.45, 7) is 6.18. The lowest BCUT2D eigenvalue weighted by Crippen LogP contribution is -2.48. The van der Waals surface area contributed by atoms with Crippen LogP contribution in [0, 0.1) is 5.92 Å². The van der Waals surface area contributed by atoms with E-state index in [4.69, 9.17) is 23.5 Å². The average Bonchev–Trinajstić information content (AvgIpc) is 2.98. The predicted octanol–water partition coefficient (Wildman–Crippen LogP) is -0.713. The highest BCUT2D eigenvalue weighted by Gasteiger charge is 2.37. The molecule has 1 N–H and O–H groups in total. The van der Waals surface area contributed by atoms with Crippen molar-refractivity contribution in [2.45, 2.75) is 26.3 Å². The topological polar surface area (TPSA) is 39.3 Å². The normalized spacial score (nSPS) is 21.8. The molecule has 132 valence electrons. The second kappa shape index (κ2) is 6.63. The number of likely N-dealkylation sites (N-methyl/N-ethyl adjacent to an activating group) is 1. The first kappa shape index (κ1) is 18.5. The minimum absolute atomic E-state index is 0.159. The monoisotopic (exact) mass is 353 g/mol. The summed E-state index contributed by atoms with van der Waals surface area (Å²) in [5.74, 6) is 0.0182. The van der Waals surface area contributed by atoms with Gasteiger partial charge < -0.3 is 9.88 Å². The molecule has 1 aromatic carbocycles. The number of fused-ring (bicyclic) bond motifs is 2. The third-order valence-corrected chi connectivity index (χ3v) is 6.14. The van der Waals surface area contributed by atoms with E-state index in [1.54, 1.807) is 0 Å². The summed E-state index contributed by atoms with van der Waals surface area (Å²) in [6.07, 6.45) is 2.94. The third kappa shape index (κ3) is 2.70. The molecule has 0 spiro atoms. The highest BCUT2D eigenvalue weighted by Crippen LogP contribution is 2.39. The second-order valence-electron chi connectivity index (χ2n) is 7.59. The summed E-state index contributed by atoms with van der Waals surface area (Å²) < 4.78 is 0. The Morgan fingerprint density at radius 3 is 2.67 bits per heavy atom. The fraction of sp³-hybridized carbons (Fsp3) is 0.450. The Labute approximate surface area is 164 Å². The number of aromatic nitrogens is 1. The van der Waals surface area contributed by atoms with Gasteiger partial charge in [-0.05, 0) is 49.6 Å². The van der Waals surface area contributed by atoms with Gasteiger partial charge in [-0.15, -0.1) is 5.46 Å². The molecule has 7 heteroatoms. The molecule has 1 amide bonds. The van der Waals surface area contributed by atoms with E-state index in [-0.39, 0.29) is 17.9 Å². The Balaban J connectivity index is 1.89. The second-order valence-corrected chi connectivity index (χ2v) is 7.59. The largest absolute Gasteiger partial charge is 0.368 e. The van der Waals surface area contributed by atoms with Gasteiger partial charge in [-0.3, -0.25) is 9.69 Å². The first-order valence-electron chi connectivity index (χ1n) is 9.56. The Hall–Kier alpha value is -1.88. The molecule has 4 rings (SSSR count). The molecule has 0 bridgehead atoms. The minimum Gasteiger partial charge on any atom is -0.368 e. The van der Waals surface area contributed by atoms with Crippen molar-refractivity contribution in [3.8, 4) is 0 Å². The lowest BCUT2D eigenvalue weighted by atomic mass is 9.72. The first-order chi connectivity index (χ1) is 12.9. The van der Waals surface area contributed by atoms with Crippen LogP contribution in [0.15, 0.2) is 12.1 Å². The molecule has 6 radical (unpaired) electrons. The van der Waals surface area contributed by atoms with Gasteiger partial charge in [0.25, 0.3) is 0 Å². The van der Waals surface area contributed by atoms with E-state index in [2.05, 4.69) is 23.0 Å². The lowest BCUT2D eigenvalue weighted by Gasteiger charge is -2.40. The van der Waals surface area contributed by atoms with E-state index in [1.807, 2.05) is 24.8 Å². The molecule has 27 heavy (non-hydrogen) atoms. The van der Waals surface area contributed by atoms with Crippen molar-refractivity contribution in [3.63, 3.8) is 0 Å². The first-order valence-corrected chi connectivity index (χ1v) is 9.56. The maximum absolute atomic E-state index is 13.0. The van der Waals surface area contributed by atoms with Gasteiger partial charge in [0.2, 0.25) is 5.91 Å². The number of hydrogen-bond acceptors (Lipinski definition) is 2. The van der Waals surface area contributed by atoms with Crippen molar-refractivity contribution < 1.29 is 4.79 Å². The van der Waals surface area contributed by atoms with Crippen LogP contribution in [-0.2, 0) is 11.2 Å². The van der Waals surface area contributed by atoms with Crippen LogP contribution in [0.4, 0.5) is 0 Å². The zero-order valence-corrected chi connectivity index (χ0v) is 16.2. The fourth-order valence-electron chi connectivity index (χ4n) is 4.65. The quantitative estimate of drug-likeness (QED) is 0.741. The van der Waals surface area contributed by atoms with Crippen LogP contribution in [0.2, 0.25) is 0 Å². The van der Waals surface area contributed by atoms with E-state index in [1.165, 1.54) is 0 Å². The summed E-state index contributed by atoms with van der Waals surface area (Å²) in [4.78, 5) is 20.3. The van der Waals surface area contributed by atoms with Crippen LogP contribution in [-0.4, -0.2) is 77.0 Å². The summed E-state index contributed by atoms with van der Waals surface area (Å²) in [5.41, 5.74) is 5.80. The summed E-state index contributed by atoms with van der Waals surface area (Å²) in [6, 6.07) is 2.12. The van der Waals surface area contributed by atoms with E-state index in [0.717, 1.165) is 47.1 Å². The molecule has 0 saturated heterocycles. The summed E-state index contributed by atoms with van der Waals surface area (Å²) >= 11 is 0. The van der Waals surface area contributed by atoms with Crippen molar-refractivity contribution >= 4 is 62.4 Å². The maximum Gasteiger partial charge on any atom is 0.230 e. The number of nitrogens with zero attached hydrogens (tertiary/aromatic N) is 2. The molecule has 2 atom stereocenters. The molecule has 2 heterocycles. The Bertz CT molecular complexity index is 961. The van der Waals surface area contributed by atoms with Crippen LogP contribution in [0.1, 0.15) is 25.0 Å². The molecule has 1 aliphatic carbocycles. The van der Waals surface area contributed by atoms with Crippen LogP contribution < -0.4 is 16.5 Å². The smallest absolute Gasteiger partial charge is 0.230 e. The van der Waals surface area contributed by atoms with Crippen molar-refractivity contribution in [2.24, 2.45) is 5.92 Å². The number of aromatic amines is 1. The highest BCUT2D eigenvalue weighted by atomic mass is 16.2. The van der Waals surface area contributed by atoms with Crippen LogP contribution in [0.5, 0.6) is 0 Å². The van der Waals surface area contributed by atoms with Gasteiger partial charge in [-0.25, -0.2) is 0 Å². The molecule has 0 saturated carbocycles. The third-order valence-electron chi connectivity index (χ3n) is 6.14. The number of carbonyl (C=O) groups excluding carboxylic acids is 1. The number of carbonyl (C=O) groups is 1. The van der Waals surface area contributed by atoms with Gasteiger partial charge in [0.05, 0.1) is 5.92 Å². The average molecular weight is 353 g/mol. The van der Waals surface area contributed by atoms with Crippen LogP contribution in [0.3, 0.4) is 0 Å². The summed E-state index contributed by atoms with van der Waals surface area (Å²) in [7, 11) is 20.7. The van der Waals surface area contributed by atoms with Crippen molar-refractivity contribution in [1.29, 1.82) is 0 Å². The van der Waals surface area contributed by atoms with Gasteiger partial charge >= 0.3 is 0 Å². The van der Waals surface area contributed by atoms with E-state index in [0.29, 0.717) is 23.1 Å². The van der Waals surface area contributed by atoms with E-state index in [9.17, 15) is 4.79 Å². The Morgan fingerprint density at radius 2 is 2.00 bits per heavy atom. The molecule has 0 fully saturated rings. The zero-order chi connectivity index (χ0) is 19.5. The SMILES string of the molecule is [B]c1cc2c3c(c([B])[nH]c3c1[B])CC1C2=CC(C(=O)N(CC)CC)CN1C. The molecule has 4 nitrogen and oxygen atoms in total. The van der Waals surface area contributed by atoms with E-state index >= 15 is 0 Å². The Morgan fingerprint density at radius 1 is 1.30 bits per heavy atom. The molecule has 2 unspecified atom stereocenters. The van der Waals surface area contributed by atoms with E-state index < -0.39 is 0 Å². The zero-order valence-electron chi connectivity index (χ0n) is 16.2. The van der Waals surface area contributed by atoms with Gasteiger partial charge in [0, 0.05) is 36.6 Å². The number of amides is 1. The van der Waals surface area contributed by atoms with Crippen LogP contribution >= 0.6 is 0 Å². The number of hydrogen-bond donors (Lipinski definition) is 1. The number of rotatable bonds is 3. The Kier molecular flexibility index (Phi) is 4.54. The molecule has 1 aromatic heterocycles. The lowest BCUT2D eigenvalue weighted by molar-refractivity contribution is -0.134. The maximum atomic E-state index is 13.0. The molecule has 2 aromatic rings. The molecule has 1 aliphatic heterocycles. The number of benzene rings is 1.